The maximum atomic E-state index is 12.0. The number of unbranched alkanes of at least 4 members (excludes halogenated alkanes) is 10. The van der Waals surface area contributed by atoms with Crippen LogP contribution in [0.15, 0.2) is 0 Å². The molecule has 2 nitrogen and oxygen atoms in total. The van der Waals surface area contributed by atoms with Gasteiger partial charge in [-0.15, -0.1) is 0 Å². The van der Waals surface area contributed by atoms with Crippen LogP contribution < -0.4 is 0 Å². The molecule has 2 atom stereocenters. The highest BCUT2D eigenvalue weighted by Crippen LogP contribution is 2.40. The summed E-state index contributed by atoms with van der Waals surface area (Å²) in [4.78, 5) is 12.0. The van der Waals surface area contributed by atoms with E-state index in [9.17, 15) is 9.90 Å². The summed E-state index contributed by atoms with van der Waals surface area (Å²) in [6.07, 6.45) is 17.8. The molecule has 0 saturated heterocycles. The molecule has 0 bridgehead atoms. The lowest BCUT2D eigenvalue weighted by atomic mass is 9.69. The van der Waals surface area contributed by atoms with E-state index in [2.05, 4.69) is 27.7 Å². The molecule has 144 valence electrons. The van der Waals surface area contributed by atoms with Crippen LogP contribution in [0.3, 0.4) is 0 Å². The molecule has 0 radical (unpaired) electrons. The monoisotopic (exact) mass is 340 g/mol. The first kappa shape index (κ1) is 23.5. The molecular weight excluding hydrogens is 296 g/mol. The predicted octanol–water partition coefficient (Wildman–Crippen LogP) is 7.60. The van der Waals surface area contributed by atoms with Crippen molar-refractivity contribution < 1.29 is 9.90 Å². The van der Waals surface area contributed by atoms with E-state index in [4.69, 9.17) is 0 Å². The molecular formula is C22H44O2. The van der Waals surface area contributed by atoms with E-state index in [1.54, 1.807) is 0 Å². The highest BCUT2D eigenvalue weighted by Gasteiger charge is 2.40. The van der Waals surface area contributed by atoms with E-state index in [0.717, 1.165) is 25.7 Å². The number of hydrogen-bond acceptors (Lipinski definition) is 1. The van der Waals surface area contributed by atoms with E-state index < -0.39 is 11.4 Å². The van der Waals surface area contributed by atoms with Gasteiger partial charge in [0.1, 0.15) is 0 Å². The molecule has 0 rings (SSSR count). The third-order valence-corrected chi connectivity index (χ3v) is 5.97. The van der Waals surface area contributed by atoms with Gasteiger partial charge in [-0.25, -0.2) is 0 Å². The van der Waals surface area contributed by atoms with Crippen LogP contribution >= 0.6 is 0 Å². The summed E-state index contributed by atoms with van der Waals surface area (Å²) in [5.74, 6) is -0.265. The molecule has 2 heteroatoms. The topological polar surface area (TPSA) is 37.3 Å². The highest BCUT2D eigenvalue weighted by molar-refractivity contribution is 5.74. The average molecular weight is 341 g/mol. The van der Waals surface area contributed by atoms with E-state index in [0.29, 0.717) is 5.92 Å². The molecule has 1 N–H and O–H groups in total. The predicted molar refractivity (Wildman–Crippen MR) is 106 cm³/mol. The van der Waals surface area contributed by atoms with Gasteiger partial charge in [0.05, 0.1) is 5.41 Å². The minimum atomic E-state index is -0.558. The third-order valence-electron chi connectivity index (χ3n) is 5.97. The summed E-state index contributed by atoms with van der Waals surface area (Å²) in [7, 11) is 0. The Morgan fingerprint density at radius 1 is 0.792 bits per heavy atom. The normalized spacial score (nSPS) is 15.2. The van der Waals surface area contributed by atoms with Crippen LogP contribution in [0.4, 0.5) is 0 Å². The van der Waals surface area contributed by atoms with E-state index in [1.165, 1.54) is 70.6 Å². The first-order valence-corrected chi connectivity index (χ1v) is 10.8. The summed E-state index contributed by atoms with van der Waals surface area (Å²) < 4.78 is 0. The molecule has 0 amide bonds. The minimum Gasteiger partial charge on any atom is -0.481 e. The first-order valence-electron chi connectivity index (χ1n) is 10.8. The molecule has 0 fully saturated rings. The summed E-state index contributed by atoms with van der Waals surface area (Å²) in [6, 6.07) is 0. The maximum Gasteiger partial charge on any atom is 0.309 e. The SMILES string of the molecule is CCCCCCCCC(C)C(CC)(CCCCCCCC)C(=O)O. The molecule has 0 aliphatic heterocycles. The quantitative estimate of drug-likeness (QED) is 0.277. The fraction of sp³-hybridized carbons (Fsp3) is 0.955. The van der Waals surface area contributed by atoms with Gasteiger partial charge in [0.15, 0.2) is 0 Å². The molecule has 0 heterocycles. The minimum absolute atomic E-state index is 0.293. The Balaban J connectivity index is 4.27. The Morgan fingerprint density at radius 3 is 1.71 bits per heavy atom. The van der Waals surface area contributed by atoms with Crippen molar-refractivity contribution >= 4 is 5.97 Å². The number of aliphatic carboxylic acids is 1. The van der Waals surface area contributed by atoms with Crippen LogP contribution in [-0.4, -0.2) is 11.1 Å². The molecule has 0 aromatic carbocycles. The third kappa shape index (κ3) is 9.08. The molecule has 0 aromatic heterocycles. The van der Waals surface area contributed by atoms with Gasteiger partial charge in [-0.2, -0.15) is 0 Å². The van der Waals surface area contributed by atoms with Gasteiger partial charge in [0.2, 0.25) is 0 Å². The molecule has 24 heavy (non-hydrogen) atoms. The smallest absolute Gasteiger partial charge is 0.309 e. The fourth-order valence-electron chi connectivity index (χ4n) is 3.97. The summed E-state index contributed by atoms with van der Waals surface area (Å²) in [6.45, 7) is 8.73. The zero-order valence-corrected chi connectivity index (χ0v) is 17.0. The molecule has 0 aromatic rings. The van der Waals surface area contributed by atoms with Crippen LogP contribution in [0.25, 0.3) is 0 Å². The van der Waals surface area contributed by atoms with Crippen LogP contribution in [0.2, 0.25) is 0 Å². The number of carbonyl (C=O) groups is 1. The Morgan fingerprint density at radius 2 is 1.25 bits per heavy atom. The second-order valence-corrected chi connectivity index (χ2v) is 7.79. The highest BCUT2D eigenvalue weighted by atomic mass is 16.4. The van der Waals surface area contributed by atoms with Crippen molar-refractivity contribution in [1.29, 1.82) is 0 Å². The van der Waals surface area contributed by atoms with Gasteiger partial charge in [-0.3, -0.25) is 4.79 Å². The average Bonchev–Trinajstić information content (AvgIpc) is 2.57. The van der Waals surface area contributed by atoms with E-state index in [-0.39, 0.29) is 0 Å². The summed E-state index contributed by atoms with van der Waals surface area (Å²) in [5, 5.41) is 9.91. The number of carboxylic acids is 1. The van der Waals surface area contributed by atoms with Crippen molar-refractivity contribution in [3.63, 3.8) is 0 Å². The largest absolute Gasteiger partial charge is 0.481 e. The summed E-state index contributed by atoms with van der Waals surface area (Å²) in [5.41, 5.74) is -0.492. The molecule has 0 aliphatic rings. The lowest BCUT2D eigenvalue weighted by molar-refractivity contribution is -0.153. The first-order chi connectivity index (χ1) is 11.5. The lowest BCUT2D eigenvalue weighted by Gasteiger charge is -2.35. The van der Waals surface area contributed by atoms with Gasteiger partial charge in [0, 0.05) is 0 Å². The molecule has 2 unspecified atom stereocenters. The van der Waals surface area contributed by atoms with Crippen molar-refractivity contribution in [2.75, 3.05) is 0 Å². The van der Waals surface area contributed by atoms with Crippen molar-refractivity contribution in [3.05, 3.63) is 0 Å². The maximum absolute atomic E-state index is 12.0. The van der Waals surface area contributed by atoms with Gasteiger partial charge in [0.25, 0.3) is 0 Å². The Bertz CT molecular complexity index is 300. The van der Waals surface area contributed by atoms with Gasteiger partial charge in [-0.1, -0.05) is 105 Å². The standard InChI is InChI=1S/C22H44O2/c1-5-8-10-12-14-16-18-20(4)22(7-3,21(23)24)19-17-15-13-11-9-6-2/h20H,5-19H2,1-4H3,(H,23,24). The second-order valence-electron chi connectivity index (χ2n) is 7.79. The number of carboxylic acid groups (broad SMARTS) is 1. The van der Waals surface area contributed by atoms with Crippen molar-refractivity contribution in [2.24, 2.45) is 11.3 Å². The zero-order valence-electron chi connectivity index (χ0n) is 17.0. The van der Waals surface area contributed by atoms with E-state index >= 15 is 0 Å². The summed E-state index contributed by atoms with van der Waals surface area (Å²) >= 11 is 0. The Kier molecular flexibility index (Phi) is 14.5. The Hall–Kier alpha value is -0.530. The van der Waals surface area contributed by atoms with Crippen LogP contribution in [0.1, 0.15) is 124 Å². The van der Waals surface area contributed by atoms with Crippen LogP contribution in [0, 0.1) is 11.3 Å². The number of rotatable bonds is 17. The zero-order chi connectivity index (χ0) is 18.3. The van der Waals surface area contributed by atoms with Gasteiger partial charge in [-0.05, 0) is 25.2 Å². The Labute approximate surface area is 151 Å². The van der Waals surface area contributed by atoms with Crippen molar-refractivity contribution in [2.45, 2.75) is 124 Å². The fourth-order valence-corrected chi connectivity index (χ4v) is 3.97. The molecule has 0 spiro atoms. The van der Waals surface area contributed by atoms with Gasteiger partial charge < -0.3 is 5.11 Å². The lowest BCUT2D eigenvalue weighted by Crippen LogP contribution is -2.37. The van der Waals surface area contributed by atoms with Crippen LogP contribution in [-0.2, 0) is 4.79 Å². The molecule has 0 aliphatic carbocycles. The molecule has 0 saturated carbocycles. The van der Waals surface area contributed by atoms with Crippen molar-refractivity contribution in [3.8, 4) is 0 Å². The second kappa shape index (κ2) is 14.8. The van der Waals surface area contributed by atoms with Crippen molar-refractivity contribution in [1.82, 2.24) is 0 Å². The number of hydrogen-bond donors (Lipinski definition) is 1. The van der Waals surface area contributed by atoms with Crippen LogP contribution in [0.5, 0.6) is 0 Å². The van der Waals surface area contributed by atoms with E-state index in [1.807, 2.05) is 0 Å². The van der Waals surface area contributed by atoms with Gasteiger partial charge >= 0.3 is 5.97 Å².